The van der Waals surface area contributed by atoms with Gasteiger partial charge in [-0.05, 0) is 48.2 Å². The molecular formula is C24H30N2O4. The van der Waals surface area contributed by atoms with E-state index < -0.39 is 0 Å². The Kier molecular flexibility index (Phi) is 8.75. The molecular weight excluding hydrogens is 380 g/mol. The van der Waals surface area contributed by atoms with Crippen molar-refractivity contribution >= 4 is 0 Å². The molecule has 6 nitrogen and oxygen atoms in total. The van der Waals surface area contributed by atoms with E-state index >= 15 is 0 Å². The van der Waals surface area contributed by atoms with Gasteiger partial charge >= 0.3 is 0 Å². The number of hydrogen-bond donors (Lipinski definition) is 0. The fourth-order valence-electron chi connectivity index (χ4n) is 3.13. The molecule has 0 fully saturated rings. The van der Waals surface area contributed by atoms with Crippen LogP contribution in [0.15, 0.2) is 67.3 Å². The van der Waals surface area contributed by atoms with Crippen molar-refractivity contribution in [1.82, 2.24) is 9.55 Å². The summed E-state index contributed by atoms with van der Waals surface area (Å²) in [5.41, 5.74) is 2.39. The molecule has 1 aromatic heterocycles. The van der Waals surface area contributed by atoms with Crippen molar-refractivity contribution in [2.45, 2.75) is 32.1 Å². The summed E-state index contributed by atoms with van der Waals surface area (Å²) in [6, 6.07) is 16.1. The van der Waals surface area contributed by atoms with Gasteiger partial charge in [-0.25, -0.2) is 4.98 Å². The molecule has 0 saturated heterocycles. The molecule has 0 N–H and O–H groups in total. The number of methoxy groups -OCH3 is 2. The fraction of sp³-hybridized carbons (Fsp3) is 0.375. The molecule has 0 radical (unpaired) electrons. The Bertz CT molecular complexity index is 833. The van der Waals surface area contributed by atoms with Crippen LogP contribution in [0.2, 0.25) is 0 Å². The molecule has 1 atom stereocenters. The molecule has 6 heteroatoms. The Labute approximate surface area is 178 Å². The molecule has 30 heavy (non-hydrogen) atoms. The maximum Gasteiger partial charge on any atom is 0.118 e. The number of nitrogens with zero attached hydrogens (tertiary/aromatic N) is 2. The van der Waals surface area contributed by atoms with Gasteiger partial charge in [0.1, 0.15) is 11.5 Å². The summed E-state index contributed by atoms with van der Waals surface area (Å²) in [7, 11) is 3.35. The Morgan fingerprint density at radius 1 is 0.900 bits per heavy atom. The minimum absolute atomic E-state index is 0.0340. The summed E-state index contributed by atoms with van der Waals surface area (Å²) >= 11 is 0. The van der Waals surface area contributed by atoms with Crippen molar-refractivity contribution in [3.05, 3.63) is 78.4 Å². The van der Waals surface area contributed by atoms with Gasteiger partial charge in [0.2, 0.25) is 0 Å². The summed E-state index contributed by atoms with van der Waals surface area (Å²) in [6.45, 7) is 2.45. The number of imidazole rings is 1. The first-order chi connectivity index (χ1) is 14.8. The first-order valence-corrected chi connectivity index (χ1v) is 10.2. The largest absolute Gasteiger partial charge is 0.497 e. The molecule has 0 aliphatic heterocycles. The summed E-state index contributed by atoms with van der Waals surface area (Å²) < 4.78 is 24.5. The van der Waals surface area contributed by atoms with Gasteiger partial charge < -0.3 is 23.5 Å². The Morgan fingerprint density at radius 3 is 2.17 bits per heavy atom. The Balaban J connectivity index is 1.43. The van der Waals surface area contributed by atoms with Crippen molar-refractivity contribution in [2.24, 2.45) is 0 Å². The van der Waals surface area contributed by atoms with E-state index in [0.717, 1.165) is 29.9 Å². The van der Waals surface area contributed by atoms with Gasteiger partial charge in [-0.15, -0.1) is 0 Å². The zero-order valence-corrected chi connectivity index (χ0v) is 17.7. The zero-order valence-electron chi connectivity index (χ0n) is 17.7. The van der Waals surface area contributed by atoms with Gasteiger partial charge in [0.05, 0.1) is 46.4 Å². The normalized spacial score (nSPS) is 11.9. The van der Waals surface area contributed by atoms with Crippen LogP contribution in [0.4, 0.5) is 0 Å². The average molecular weight is 411 g/mol. The third-order valence-corrected chi connectivity index (χ3v) is 4.83. The van der Waals surface area contributed by atoms with Crippen LogP contribution < -0.4 is 9.47 Å². The highest BCUT2D eigenvalue weighted by atomic mass is 16.5. The SMILES string of the molecule is COc1ccc(CCCOC(COCc2ccc(OC)cc2)Cn2ccnc2)cc1. The topological polar surface area (TPSA) is 54.7 Å². The van der Waals surface area contributed by atoms with E-state index in [-0.39, 0.29) is 6.10 Å². The molecule has 160 valence electrons. The van der Waals surface area contributed by atoms with Crippen LogP contribution in [0.5, 0.6) is 11.5 Å². The molecule has 0 amide bonds. The lowest BCUT2D eigenvalue weighted by Gasteiger charge is -2.19. The number of benzene rings is 2. The van der Waals surface area contributed by atoms with Crippen molar-refractivity contribution < 1.29 is 18.9 Å². The van der Waals surface area contributed by atoms with E-state index in [1.54, 1.807) is 26.7 Å². The predicted molar refractivity (Wildman–Crippen MR) is 116 cm³/mol. The lowest BCUT2D eigenvalue weighted by atomic mass is 10.1. The zero-order chi connectivity index (χ0) is 21.0. The minimum atomic E-state index is -0.0340. The average Bonchev–Trinajstić information content (AvgIpc) is 3.30. The van der Waals surface area contributed by atoms with Gasteiger partial charge in [-0.1, -0.05) is 24.3 Å². The molecule has 3 rings (SSSR count). The van der Waals surface area contributed by atoms with E-state index in [0.29, 0.717) is 26.4 Å². The number of ether oxygens (including phenoxy) is 4. The summed E-state index contributed by atoms with van der Waals surface area (Å²) in [5, 5.41) is 0. The molecule has 2 aromatic carbocycles. The first kappa shape index (κ1) is 21.9. The standard InChI is InChI=1S/C24H30N2O4/c1-27-22-9-5-20(6-10-22)4-3-15-30-24(16-26-14-13-25-19-26)18-29-17-21-7-11-23(28-2)12-8-21/h5-14,19,24H,3-4,15-18H2,1-2H3. The van der Waals surface area contributed by atoms with Crippen LogP contribution in [0, 0.1) is 0 Å². The number of aryl methyl sites for hydroxylation is 1. The minimum Gasteiger partial charge on any atom is -0.497 e. The summed E-state index contributed by atoms with van der Waals surface area (Å²) in [4.78, 5) is 4.11. The van der Waals surface area contributed by atoms with Gasteiger partial charge in [0.25, 0.3) is 0 Å². The van der Waals surface area contributed by atoms with Gasteiger partial charge in [0, 0.05) is 19.0 Å². The van der Waals surface area contributed by atoms with Gasteiger partial charge in [0.15, 0.2) is 0 Å². The smallest absolute Gasteiger partial charge is 0.118 e. The monoisotopic (exact) mass is 410 g/mol. The van der Waals surface area contributed by atoms with E-state index in [2.05, 4.69) is 17.1 Å². The molecule has 0 aliphatic rings. The highest BCUT2D eigenvalue weighted by Gasteiger charge is 2.11. The molecule has 0 spiro atoms. The first-order valence-electron chi connectivity index (χ1n) is 10.2. The number of rotatable bonds is 13. The molecule has 0 aliphatic carbocycles. The maximum absolute atomic E-state index is 6.14. The highest BCUT2D eigenvalue weighted by molar-refractivity contribution is 5.27. The maximum atomic E-state index is 6.14. The number of aromatic nitrogens is 2. The van der Waals surface area contributed by atoms with Crippen LogP contribution in [0.25, 0.3) is 0 Å². The van der Waals surface area contributed by atoms with Gasteiger partial charge in [-0.3, -0.25) is 0 Å². The quantitative estimate of drug-likeness (QED) is 0.397. The van der Waals surface area contributed by atoms with E-state index in [4.69, 9.17) is 18.9 Å². The predicted octanol–water partition coefficient (Wildman–Crippen LogP) is 4.14. The fourth-order valence-corrected chi connectivity index (χ4v) is 3.13. The van der Waals surface area contributed by atoms with Crippen LogP contribution in [0.3, 0.4) is 0 Å². The van der Waals surface area contributed by atoms with Crippen LogP contribution in [0.1, 0.15) is 17.5 Å². The van der Waals surface area contributed by atoms with Gasteiger partial charge in [-0.2, -0.15) is 0 Å². The van der Waals surface area contributed by atoms with Crippen molar-refractivity contribution in [3.63, 3.8) is 0 Å². The van der Waals surface area contributed by atoms with Crippen LogP contribution in [-0.2, 0) is 29.0 Å². The Morgan fingerprint density at radius 2 is 1.57 bits per heavy atom. The van der Waals surface area contributed by atoms with Crippen molar-refractivity contribution in [2.75, 3.05) is 27.4 Å². The third kappa shape index (κ3) is 7.21. The second-order valence-corrected chi connectivity index (χ2v) is 7.07. The van der Waals surface area contributed by atoms with E-state index in [1.165, 1.54) is 5.56 Å². The van der Waals surface area contributed by atoms with Crippen LogP contribution >= 0.6 is 0 Å². The molecule has 1 unspecified atom stereocenters. The lowest BCUT2D eigenvalue weighted by Crippen LogP contribution is -2.26. The molecule has 0 bridgehead atoms. The van der Waals surface area contributed by atoms with E-state index in [9.17, 15) is 0 Å². The van der Waals surface area contributed by atoms with Crippen molar-refractivity contribution in [3.8, 4) is 11.5 Å². The molecule has 1 heterocycles. The highest BCUT2D eigenvalue weighted by Crippen LogP contribution is 2.14. The second-order valence-electron chi connectivity index (χ2n) is 7.07. The third-order valence-electron chi connectivity index (χ3n) is 4.83. The number of hydrogen-bond acceptors (Lipinski definition) is 5. The Hall–Kier alpha value is -2.83. The summed E-state index contributed by atoms with van der Waals surface area (Å²) in [6.07, 6.45) is 7.40. The summed E-state index contributed by atoms with van der Waals surface area (Å²) in [5.74, 6) is 1.72. The van der Waals surface area contributed by atoms with Crippen LogP contribution in [-0.4, -0.2) is 43.1 Å². The molecule has 0 saturated carbocycles. The lowest BCUT2D eigenvalue weighted by molar-refractivity contribution is -0.0301. The van der Waals surface area contributed by atoms with Crippen molar-refractivity contribution in [1.29, 1.82) is 0 Å². The molecule has 3 aromatic rings. The second kappa shape index (κ2) is 12.0. The van der Waals surface area contributed by atoms with E-state index in [1.807, 2.05) is 47.2 Å².